The van der Waals surface area contributed by atoms with Crippen LogP contribution in [-0.4, -0.2) is 26.3 Å². The van der Waals surface area contributed by atoms with Crippen LogP contribution in [0.1, 0.15) is 51.0 Å². The van der Waals surface area contributed by atoms with Gasteiger partial charge in [-0.15, -0.1) is 0 Å². The average molecular weight is 342 g/mol. The Morgan fingerprint density at radius 2 is 1.85 bits per heavy atom. The Hall–Kier alpha value is -0.380. The lowest BCUT2D eigenvalue weighted by Crippen LogP contribution is -2.23. The number of halogens is 1. The Balaban J connectivity index is 2.44. The van der Waals surface area contributed by atoms with Gasteiger partial charge in [0.25, 0.3) is 0 Å². The van der Waals surface area contributed by atoms with Crippen molar-refractivity contribution in [2.45, 2.75) is 45.4 Å². The molecule has 0 aliphatic rings. The van der Waals surface area contributed by atoms with Gasteiger partial charge >= 0.3 is 0 Å². The molecule has 1 unspecified atom stereocenters. The van der Waals surface area contributed by atoms with Crippen LogP contribution in [0.5, 0.6) is 0 Å². The summed E-state index contributed by atoms with van der Waals surface area (Å²) >= 11 is 3.50. The molecule has 0 radical (unpaired) electrons. The standard InChI is InChI=1S/C17H28BrNO/c1-3-5-12-20-13-10-16(14-19-11-4-2)15-6-8-17(18)9-7-15/h6-9,16,19H,3-5,10-14H2,1-2H3. The Labute approximate surface area is 132 Å². The fourth-order valence-corrected chi connectivity index (χ4v) is 2.41. The topological polar surface area (TPSA) is 21.3 Å². The third-order valence-corrected chi connectivity index (χ3v) is 3.94. The predicted octanol–water partition coefficient (Wildman–Crippen LogP) is 4.74. The van der Waals surface area contributed by atoms with Gasteiger partial charge in [-0.1, -0.05) is 48.3 Å². The van der Waals surface area contributed by atoms with E-state index in [1.165, 1.54) is 18.4 Å². The predicted molar refractivity (Wildman–Crippen MR) is 90.4 cm³/mol. The summed E-state index contributed by atoms with van der Waals surface area (Å²) in [6.07, 6.45) is 4.63. The van der Waals surface area contributed by atoms with Crippen molar-refractivity contribution in [2.24, 2.45) is 0 Å². The van der Waals surface area contributed by atoms with Crippen LogP contribution in [0.4, 0.5) is 0 Å². The van der Waals surface area contributed by atoms with Crippen LogP contribution in [0.15, 0.2) is 28.7 Å². The highest BCUT2D eigenvalue weighted by Gasteiger charge is 2.11. The first-order valence-electron chi connectivity index (χ1n) is 7.81. The Kier molecular flexibility index (Phi) is 9.98. The summed E-state index contributed by atoms with van der Waals surface area (Å²) in [6.45, 7) is 8.27. The number of rotatable bonds is 11. The van der Waals surface area contributed by atoms with E-state index in [1.807, 2.05) is 0 Å². The van der Waals surface area contributed by atoms with Crippen molar-refractivity contribution in [1.29, 1.82) is 0 Å². The third kappa shape index (κ3) is 7.41. The molecule has 0 spiro atoms. The average Bonchev–Trinajstić information content (AvgIpc) is 2.46. The van der Waals surface area contributed by atoms with E-state index in [1.54, 1.807) is 0 Å². The minimum atomic E-state index is 0.538. The molecule has 0 saturated carbocycles. The normalized spacial score (nSPS) is 12.6. The van der Waals surface area contributed by atoms with Crippen molar-refractivity contribution in [1.82, 2.24) is 5.32 Å². The van der Waals surface area contributed by atoms with E-state index in [2.05, 4.69) is 59.4 Å². The van der Waals surface area contributed by atoms with Gasteiger partial charge in [-0.25, -0.2) is 0 Å². The van der Waals surface area contributed by atoms with Crippen LogP contribution in [0.3, 0.4) is 0 Å². The summed E-state index contributed by atoms with van der Waals surface area (Å²) in [4.78, 5) is 0. The second kappa shape index (κ2) is 11.3. The highest BCUT2D eigenvalue weighted by molar-refractivity contribution is 9.10. The van der Waals surface area contributed by atoms with Crippen molar-refractivity contribution >= 4 is 15.9 Å². The number of hydrogen-bond donors (Lipinski definition) is 1. The van der Waals surface area contributed by atoms with Gasteiger partial charge in [0.05, 0.1) is 0 Å². The van der Waals surface area contributed by atoms with Gasteiger partial charge in [0.2, 0.25) is 0 Å². The molecule has 0 aliphatic carbocycles. The Morgan fingerprint density at radius 1 is 1.10 bits per heavy atom. The van der Waals surface area contributed by atoms with Crippen LogP contribution in [0.25, 0.3) is 0 Å². The van der Waals surface area contributed by atoms with Crippen molar-refractivity contribution in [3.8, 4) is 0 Å². The molecule has 0 saturated heterocycles. The fourth-order valence-electron chi connectivity index (χ4n) is 2.15. The summed E-state index contributed by atoms with van der Waals surface area (Å²) in [7, 11) is 0. The SMILES string of the molecule is CCCCOCCC(CNCCC)c1ccc(Br)cc1. The molecule has 0 aromatic heterocycles. The van der Waals surface area contributed by atoms with Gasteiger partial charge in [0.15, 0.2) is 0 Å². The molecular weight excluding hydrogens is 314 g/mol. The molecule has 1 aromatic carbocycles. The first-order chi connectivity index (χ1) is 9.77. The number of unbranched alkanes of at least 4 members (excludes halogenated alkanes) is 1. The molecular formula is C17H28BrNO. The lowest BCUT2D eigenvalue weighted by atomic mass is 9.96. The van der Waals surface area contributed by atoms with Gasteiger partial charge in [0, 0.05) is 24.2 Å². The minimum absolute atomic E-state index is 0.538. The summed E-state index contributed by atoms with van der Waals surface area (Å²) < 4.78 is 6.86. The third-order valence-electron chi connectivity index (χ3n) is 3.41. The second-order valence-electron chi connectivity index (χ2n) is 5.21. The zero-order chi connectivity index (χ0) is 14.6. The second-order valence-corrected chi connectivity index (χ2v) is 6.12. The molecule has 3 heteroatoms. The van der Waals surface area contributed by atoms with Crippen molar-refractivity contribution in [3.63, 3.8) is 0 Å². The van der Waals surface area contributed by atoms with Crippen LogP contribution in [-0.2, 0) is 4.74 Å². The number of nitrogens with one attached hydrogen (secondary N) is 1. The maximum absolute atomic E-state index is 5.72. The summed E-state index contributed by atoms with van der Waals surface area (Å²) in [5, 5.41) is 3.53. The molecule has 1 rings (SSSR count). The van der Waals surface area contributed by atoms with Gasteiger partial charge in [-0.05, 0) is 49.4 Å². The zero-order valence-electron chi connectivity index (χ0n) is 12.8. The maximum Gasteiger partial charge on any atom is 0.0472 e. The zero-order valence-corrected chi connectivity index (χ0v) is 14.4. The molecule has 0 amide bonds. The highest BCUT2D eigenvalue weighted by atomic mass is 79.9. The van der Waals surface area contributed by atoms with E-state index in [-0.39, 0.29) is 0 Å². The first-order valence-corrected chi connectivity index (χ1v) is 8.61. The largest absolute Gasteiger partial charge is 0.381 e. The molecule has 20 heavy (non-hydrogen) atoms. The van der Waals surface area contributed by atoms with Gasteiger partial charge < -0.3 is 10.1 Å². The minimum Gasteiger partial charge on any atom is -0.381 e. The number of hydrogen-bond acceptors (Lipinski definition) is 2. The van der Waals surface area contributed by atoms with Gasteiger partial charge in [-0.2, -0.15) is 0 Å². The van der Waals surface area contributed by atoms with Gasteiger partial charge in [-0.3, -0.25) is 0 Å². The molecule has 0 aliphatic heterocycles. The summed E-state index contributed by atoms with van der Waals surface area (Å²) in [5.74, 6) is 0.538. The maximum atomic E-state index is 5.72. The lowest BCUT2D eigenvalue weighted by Gasteiger charge is -2.18. The molecule has 1 atom stereocenters. The van der Waals surface area contributed by atoms with E-state index in [0.29, 0.717) is 5.92 Å². The smallest absolute Gasteiger partial charge is 0.0472 e. The van der Waals surface area contributed by atoms with E-state index in [0.717, 1.165) is 43.6 Å². The van der Waals surface area contributed by atoms with E-state index < -0.39 is 0 Å². The number of ether oxygens (including phenoxy) is 1. The molecule has 114 valence electrons. The fraction of sp³-hybridized carbons (Fsp3) is 0.647. The van der Waals surface area contributed by atoms with Crippen molar-refractivity contribution in [2.75, 3.05) is 26.3 Å². The van der Waals surface area contributed by atoms with Crippen LogP contribution in [0, 0.1) is 0 Å². The lowest BCUT2D eigenvalue weighted by molar-refractivity contribution is 0.124. The van der Waals surface area contributed by atoms with E-state index in [4.69, 9.17) is 4.74 Å². The Morgan fingerprint density at radius 3 is 2.50 bits per heavy atom. The van der Waals surface area contributed by atoms with Gasteiger partial charge in [0.1, 0.15) is 0 Å². The van der Waals surface area contributed by atoms with Crippen LogP contribution < -0.4 is 5.32 Å². The molecule has 0 heterocycles. The molecule has 1 aromatic rings. The molecule has 0 bridgehead atoms. The first kappa shape index (κ1) is 17.7. The molecule has 0 fully saturated rings. The monoisotopic (exact) mass is 341 g/mol. The van der Waals surface area contributed by atoms with Crippen LogP contribution in [0.2, 0.25) is 0 Å². The number of benzene rings is 1. The van der Waals surface area contributed by atoms with Crippen LogP contribution >= 0.6 is 15.9 Å². The summed E-state index contributed by atoms with van der Waals surface area (Å²) in [5.41, 5.74) is 1.40. The Bertz CT molecular complexity index is 339. The quantitative estimate of drug-likeness (QED) is 0.587. The van der Waals surface area contributed by atoms with Crippen molar-refractivity contribution in [3.05, 3.63) is 34.3 Å². The highest BCUT2D eigenvalue weighted by Crippen LogP contribution is 2.21. The molecule has 1 N–H and O–H groups in total. The van der Waals surface area contributed by atoms with E-state index in [9.17, 15) is 0 Å². The van der Waals surface area contributed by atoms with Crippen molar-refractivity contribution < 1.29 is 4.74 Å². The van der Waals surface area contributed by atoms with E-state index >= 15 is 0 Å². The summed E-state index contributed by atoms with van der Waals surface area (Å²) in [6, 6.07) is 8.68. The molecule has 2 nitrogen and oxygen atoms in total.